The van der Waals surface area contributed by atoms with Crippen LogP contribution in [0, 0.1) is 0 Å². The van der Waals surface area contributed by atoms with E-state index in [9.17, 15) is 4.79 Å². The first kappa shape index (κ1) is 9.30. The zero-order chi connectivity index (χ0) is 7.65. The Labute approximate surface area is 66.1 Å². The van der Waals surface area contributed by atoms with Crippen molar-refractivity contribution in [3.63, 3.8) is 0 Å². The molecule has 0 spiro atoms. The van der Waals surface area contributed by atoms with Gasteiger partial charge in [0.1, 0.15) is 0 Å². The van der Waals surface area contributed by atoms with Crippen LogP contribution in [-0.4, -0.2) is 26.1 Å². The van der Waals surface area contributed by atoms with Gasteiger partial charge < -0.3 is 10.2 Å². The Bertz CT molecular complexity index is 118. The number of carbonyl (C=O) groups is 1. The van der Waals surface area contributed by atoms with Gasteiger partial charge in [0.2, 0.25) is 3.79 Å². The molecule has 0 aromatic heterocycles. The lowest BCUT2D eigenvalue weighted by Crippen LogP contribution is -2.33. The maximum Gasteiger partial charge on any atom is 0.337 e. The van der Waals surface area contributed by atoms with E-state index in [0.717, 1.165) is 0 Å². The van der Waals surface area contributed by atoms with Gasteiger partial charge >= 0.3 is 5.97 Å². The Kier molecular flexibility index (Phi) is 3.02. The molecule has 6 heteroatoms. The predicted octanol–water partition coefficient (Wildman–Crippen LogP) is 0.802. The third-order valence-electron chi connectivity index (χ3n) is 0.544. The SMILES string of the molecule is O=C(O)[C@H](O)C(Cl)(Cl)Cl. The Morgan fingerprint density at radius 1 is 1.44 bits per heavy atom. The van der Waals surface area contributed by atoms with Crippen LogP contribution in [0.2, 0.25) is 0 Å². The lowest BCUT2D eigenvalue weighted by atomic mass is 10.4. The molecule has 0 aliphatic rings. The van der Waals surface area contributed by atoms with E-state index in [1.54, 1.807) is 0 Å². The molecule has 0 aliphatic carbocycles. The molecular formula is C3H3Cl3O3. The highest BCUT2D eigenvalue weighted by atomic mass is 35.6. The van der Waals surface area contributed by atoms with Crippen molar-refractivity contribution in [1.29, 1.82) is 0 Å². The maximum absolute atomic E-state index is 9.84. The fourth-order valence-electron chi connectivity index (χ4n) is 0.140. The highest BCUT2D eigenvalue weighted by Gasteiger charge is 2.36. The van der Waals surface area contributed by atoms with Crippen LogP contribution in [0.3, 0.4) is 0 Å². The van der Waals surface area contributed by atoms with Crippen LogP contribution in [0.15, 0.2) is 0 Å². The van der Waals surface area contributed by atoms with Gasteiger partial charge in [-0.15, -0.1) is 0 Å². The van der Waals surface area contributed by atoms with Crippen molar-refractivity contribution in [1.82, 2.24) is 0 Å². The van der Waals surface area contributed by atoms with E-state index >= 15 is 0 Å². The summed E-state index contributed by atoms with van der Waals surface area (Å²) in [7, 11) is 0. The summed E-state index contributed by atoms with van der Waals surface area (Å²) in [5.41, 5.74) is 0. The number of hydrogen-bond donors (Lipinski definition) is 2. The number of aliphatic hydroxyl groups is 1. The standard InChI is InChI=1S/C3H3Cl3O3/c4-3(5,6)1(7)2(8)9/h1,7H,(H,8,9)/t1-/m0/s1. The van der Waals surface area contributed by atoms with E-state index in [1.807, 2.05) is 0 Å². The molecule has 0 amide bonds. The van der Waals surface area contributed by atoms with Crippen molar-refractivity contribution in [2.45, 2.75) is 9.90 Å². The molecule has 9 heavy (non-hydrogen) atoms. The Morgan fingerprint density at radius 3 is 1.78 bits per heavy atom. The molecule has 0 unspecified atom stereocenters. The topological polar surface area (TPSA) is 57.5 Å². The first-order valence-electron chi connectivity index (χ1n) is 1.83. The molecule has 0 rings (SSSR count). The van der Waals surface area contributed by atoms with Gasteiger partial charge in [-0.3, -0.25) is 0 Å². The molecule has 0 aliphatic heterocycles. The Balaban J connectivity index is 4.04. The fourth-order valence-corrected chi connectivity index (χ4v) is 0.420. The second-order valence-corrected chi connectivity index (χ2v) is 3.65. The van der Waals surface area contributed by atoms with Gasteiger partial charge in [0.25, 0.3) is 0 Å². The van der Waals surface area contributed by atoms with E-state index in [0.29, 0.717) is 0 Å². The van der Waals surface area contributed by atoms with Crippen LogP contribution in [0.4, 0.5) is 0 Å². The van der Waals surface area contributed by atoms with E-state index < -0.39 is 15.9 Å². The molecule has 0 aromatic rings. The van der Waals surface area contributed by atoms with Crippen molar-refractivity contribution >= 4 is 40.8 Å². The minimum absolute atomic E-state index is 1.56. The summed E-state index contributed by atoms with van der Waals surface area (Å²) in [5, 5.41) is 16.5. The number of hydrogen-bond acceptors (Lipinski definition) is 2. The van der Waals surface area contributed by atoms with E-state index in [-0.39, 0.29) is 0 Å². The first-order valence-corrected chi connectivity index (χ1v) is 2.96. The molecule has 0 fully saturated rings. The van der Waals surface area contributed by atoms with Gasteiger partial charge in [-0.1, -0.05) is 34.8 Å². The van der Waals surface area contributed by atoms with Crippen molar-refractivity contribution in [2.24, 2.45) is 0 Å². The summed E-state index contributed by atoms with van der Waals surface area (Å²) in [4.78, 5) is 9.84. The monoisotopic (exact) mass is 192 g/mol. The number of rotatable bonds is 1. The highest BCUT2D eigenvalue weighted by Crippen LogP contribution is 2.29. The Morgan fingerprint density at radius 2 is 1.78 bits per heavy atom. The smallest absolute Gasteiger partial charge is 0.337 e. The van der Waals surface area contributed by atoms with Gasteiger partial charge in [0.05, 0.1) is 0 Å². The number of alkyl halides is 3. The van der Waals surface area contributed by atoms with Crippen molar-refractivity contribution in [3.05, 3.63) is 0 Å². The molecule has 1 atom stereocenters. The quantitative estimate of drug-likeness (QED) is 0.606. The van der Waals surface area contributed by atoms with Crippen molar-refractivity contribution < 1.29 is 15.0 Å². The second kappa shape index (κ2) is 2.92. The minimum Gasteiger partial charge on any atom is -0.479 e. The zero-order valence-corrected chi connectivity index (χ0v) is 6.28. The maximum atomic E-state index is 9.84. The molecule has 0 aromatic carbocycles. The molecule has 3 nitrogen and oxygen atoms in total. The van der Waals surface area contributed by atoms with Crippen molar-refractivity contribution in [3.8, 4) is 0 Å². The van der Waals surface area contributed by atoms with Gasteiger partial charge in [0.15, 0.2) is 6.10 Å². The highest BCUT2D eigenvalue weighted by molar-refractivity contribution is 6.68. The van der Waals surface area contributed by atoms with Gasteiger partial charge in [-0.25, -0.2) is 4.79 Å². The van der Waals surface area contributed by atoms with Crippen LogP contribution in [0.5, 0.6) is 0 Å². The van der Waals surface area contributed by atoms with Crippen LogP contribution in [0.1, 0.15) is 0 Å². The summed E-state index contributed by atoms with van der Waals surface area (Å²) in [6, 6.07) is 0. The molecule has 0 bridgehead atoms. The van der Waals surface area contributed by atoms with Crippen LogP contribution < -0.4 is 0 Å². The third kappa shape index (κ3) is 3.11. The summed E-state index contributed by atoms with van der Waals surface area (Å²) < 4.78 is -2.15. The molecular weight excluding hydrogens is 190 g/mol. The number of halogens is 3. The van der Waals surface area contributed by atoms with E-state index in [2.05, 4.69) is 0 Å². The summed E-state index contributed by atoms with van der Waals surface area (Å²) >= 11 is 14.9. The molecule has 2 N–H and O–H groups in total. The van der Waals surface area contributed by atoms with Crippen LogP contribution in [-0.2, 0) is 4.79 Å². The Hall–Kier alpha value is 0.300. The fraction of sp³-hybridized carbons (Fsp3) is 0.667. The van der Waals surface area contributed by atoms with Gasteiger partial charge in [0, 0.05) is 0 Å². The largest absolute Gasteiger partial charge is 0.479 e. The zero-order valence-electron chi connectivity index (χ0n) is 4.01. The minimum atomic E-state index is -2.15. The average molecular weight is 193 g/mol. The van der Waals surface area contributed by atoms with Crippen LogP contribution in [0.25, 0.3) is 0 Å². The molecule has 0 saturated heterocycles. The summed E-state index contributed by atoms with van der Waals surface area (Å²) in [6.45, 7) is 0. The van der Waals surface area contributed by atoms with E-state index in [4.69, 9.17) is 45.0 Å². The van der Waals surface area contributed by atoms with Gasteiger partial charge in [-0.05, 0) is 0 Å². The normalized spacial score (nSPS) is 15.1. The molecule has 0 saturated carbocycles. The molecule has 54 valence electrons. The first-order chi connectivity index (χ1) is 3.85. The summed E-state index contributed by atoms with van der Waals surface area (Å²) in [6.07, 6.45) is -1.97. The van der Waals surface area contributed by atoms with Crippen molar-refractivity contribution in [2.75, 3.05) is 0 Å². The predicted molar refractivity (Wildman–Crippen MR) is 33.9 cm³/mol. The van der Waals surface area contributed by atoms with Gasteiger partial charge in [-0.2, -0.15) is 0 Å². The lowest BCUT2D eigenvalue weighted by Gasteiger charge is -2.13. The second-order valence-electron chi connectivity index (χ2n) is 1.28. The summed E-state index contributed by atoms with van der Waals surface area (Å²) in [5.74, 6) is -1.56. The van der Waals surface area contributed by atoms with Crippen LogP contribution >= 0.6 is 34.8 Å². The number of aliphatic carboxylic acids is 1. The van der Waals surface area contributed by atoms with E-state index in [1.165, 1.54) is 0 Å². The number of aliphatic hydroxyl groups excluding tert-OH is 1. The average Bonchev–Trinajstić information content (AvgIpc) is 1.62. The molecule has 0 radical (unpaired) electrons. The lowest BCUT2D eigenvalue weighted by molar-refractivity contribution is -0.146. The third-order valence-corrected chi connectivity index (χ3v) is 1.16. The number of carboxylic acid groups (broad SMARTS) is 1. The number of carboxylic acids is 1. The molecule has 0 heterocycles.